The van der Waals surface area contributed by atoms with E-state index in [1.807, 2.05) is 0 Å². The van der Waals surface area contributed by atoms with Crippen molar-refractivity contribution >= 4 is 5.91 Å². The zero-order valence-corrected chi connectivity index (χ0v) is 13.6. The van der Waals surface area contributed by atoms with Gasteiger partial charge in [-0.1, -0.05) is 0 Å². The average molecular weight is 377 g/mol. The Morgan fingerprint density at radius 1 is 1.11 bits per heavy atom. The molecule has 0 aliphatic carbocycles. The van der Waals surface area contributed by atoms with E-state index in [-0.39, 0.29) is 17.3 Å². The number of aromatic nitrogens is 4. The Morgan fingerprint density at radius 3 is 2.67 bits per heavy atom. The second-order valence-corrected chi connectivity index (χ2v) is 5.89. The van der Waals surface area contributed by atoms with Crippen molar-refractivity contribution < 1.29 is 22.4 Å². The van der Waals surface area contributed by atoms with E-state index < -0.39 is 17.6 Å². The van der Waals surface area contributed by atoms with E-state index >= 15 is 0 Å². The van der Waals surface area contributed by atoms with Crippen LogP contribution in [0.4, 0.5) is 17.6 Å². The number of benzene rings is 1. The molecular formula is C17H11F4N5O. The van der Waals surface area contributed by atoms with Crippen LogP contribution < -0.4 is 5.32 Å². The molecule has 0 fully saturated rings. The molecule has 0 spiro atoms. The fraction of sp³-hybridized carbons (Fsp3) is 0.176. The Bertz CT molecular complexity index is 1040. The van der Waals surface area contributed by atoms with Gasteiger partial charge in [0.2, 0.25) is 0 Å². The maximum atomic E-state index is 13.6. The van der Waals surface area contributed by atoms with Crippen LogP contribution in [0.25, 0.3) is 22.8 Å². The van der Waals surface area contributed by atoms with Crippen molar-refractivity contribution in [1.82, 2.24) is 25.1 Å². The Kier molecular flexibility index (Phi) is 3.90. The molecule has 2 aromatic heterocycles. The number of carbonyl (C=O) groups is 1. The molecule has 0 bridgehead atoms. The zero-order chi connectivity index (χ0) is 19.2. The first-order chi connectivity index (χ1) is 12.8. The summed E-state index contributed by atoms with van der Waals surface area (Å²) >= 11 is 0. The fourth-order valence-electron chi connectivity index (χ4n) is 2.78. The summed E-state index contributed by atoms with van der Waals surface area (Å²) in [4.78, 5) is 20.0. The number of amides is 1. The van der Waals surface area contributed by atoms with Crippen LogP contribution in [0, 0.1) is 5.82 Å². The van der Waals surface area contributed by atoms with Crippen LogP contribution in [0.1, 0.15) is 16.1 Å². The molecule has 6 nitrogen and oxygen atoms in total. The highest BCUT2D eigenvalue weighted by atomic mass is 19.4. The largest absolute Gasteiger partial charge is 0.416 e. The number of hydrogen-bond donors (Lipinski definition) is 1. The number of nitrogens with zero attached hydrogens (tertiary/aromatic N) is 4. The highest BCUT2D eigenvalue weighted by Crippen LogP contribution is 2.32. The quantitative estimate of drug-likeness (QED) is 0.697. The van der Waals surface area contributed by atoms with E-state index in [1.54, 1.807) is 0 Å². The molecule has 0 atom stereocenters. The van der Waals surface area contributed by atoms with E-state index in [2.05, 4.69) is 20.4 Å². The van der Waals surface area contributed by atoms with E-state index in [1.165, 1.54) is 23.0 Å². The smallest absolute Gasteiger partial charge is 0.349 e. The summed E-state index contributed by atoms with van der Waals surface area (Å²) in [6.45, 7) is 0.948. The normalized spacial score (nSPS) is 14.0. The SMILES string of the molecule is O=C1NCCn2nc(-c3ccnc(-c4cc(F)cc(C(F)(F)F)c4)n3)cc21. The van der Waals surface area contributed by atoms with Crippen molar-refractivity contribution in [3.63, 3.8) is 0 Å². The molecule has 0 unspecified atom stereocenters. The standard InChI is InChI=1S/C17H11F4N5O/c18-11-6-9(5-10(7-11)17(19,20)21)15-22-2-1-12(24-15)13-8-14-16(27)23-3-4-26(14)25-13/h1-2,5-8H,3-4H2,(H,23,27). The Balaban J connectivity index is 1.76. The van der Waals surface area contributed by atoms with Gasteiger partial charge < -0.3 is 5.32 Å². The Hall–Kier alpha value is -3.30. The summed E-state index contributed by atoms with van der Waals surface area (Å²) in [7, 11) is 0. The van der Waals surface area contributed by atoms with Crippen LogP contribution in [0.5, 0.6) is 0 Å². The van der Waals surface area contributed by atoms with Crippen LogP contribution in [-0.4, -0.2) is 32.2 Å². The molecular weight excluding hydrogens is 366 g/mol. The molecule has 27 heavy (non-hydrogen) atoms. The monoisotopic (exact) mass is 377 g/mol. The summed E-state index contributed by atoms with van der Waals surface area (Å²) in [5.74, 6) is -1.38. The first kappa shape index (κ1) is 17.1. The van der Waals surface area contributed by atoms with E-state index in [9.17, 15) is 22.4 Å². The molecule has 1 aliphatic heterocycles. The second-order valence-electron chi connectivity index (χ2n) is 5.89. The molecule has 3 aromatic rings. The summed E-state index contributed by atoms with van der Waals surface area (Å²) in [6.07, 6.45) is -3.35. The third kappa shape index (κ3) is 3.25. The number of hydrogen-bond acceptors (Lipinski definition) is 4. The molecule has 4 rings (SSSR count). The summed E-state index contributed by atoms with van der Waals surface area (Å²) in [6, 6.07) is 5.18. The number of rotatable bonds is 2. The third-order valence-electron chi connectivity index (χ3n) is 4.02. The number of fused-ring (bicyclic) bond motifs is 1. The molecule has 0 saturated heterocycles. The van der Waals surface area contributed by atoms with Crippen molar-refractivity contribution in [1.29, 1.82) is 0 Å². The van der Waals surface area contributed by atoms with Gasteiger partial charge in [-0.05, 0) is 30.3 Å². The van der Waals surface area contributed by atoms with Gasteiger partial charge in [-0.25, -0.2) is 14.4 Å². The van der Waals surface area contributed by atoms with Gasteiger partial charge in [0.15, 0.2) is 5.82 Å². The molecule has 0 radical (unpaired) electrons. The van der Waals surface area contributed by atoms with Crippen molar-refractivity contribution in [3.8, 4) is 22.8 Å². The van der Waals surface area contributed by atoms with Crippen LogP contribution >= 0.6 is 0 Å². The van der Waals surface area contributed by atoms with Gasteiger partial charge in [0.1, 0.15) is 17.2 Å². The number of alkyl halides is 3. The van der Waals surface area contributed by atoms with Gasteiger partial charge in [0.25, 0.3) is 5.91 Å². The van der Waals surface area contributed by atoms with Crippen molar-refractivity contribution in [2.75, 3.05) is 6.54 Å². The topological polar surface area (TPSA) is 72.7 Å². The van der Waals surface area contributed by atoms with Crippen LogP contribution in [0.3, 0.4) is 0 Å². The van der Waals surface area contributed by atoms with E-state index in [0.29, 0.717) is 36.2 Å². The van der Waals surface area contributed by atoms with Crippen molar-refractivity contribution in [3.05, 3.63) is 53.6 Å². The lowest BCUT2D eigenvalue weighted by Crippen LogP contribution is -2.35. The van der Waals surface area contributed by atoms with Crippen molar-refractivity contribution in [2.24, 2.45) is 0 Å². The minimum atomic E-state index is -4.69. The lowest BCUT2D eigenvalue weighted by Gasteiger charge is -2.13. The predicted octanol–water partition coefficient (Wildman–Crippen LogP) is 2.91. The van der Waals surface area contributed by atoms with Gasteiger partial charge in [-0.15, -0.1) is 0 Å². The van der Waals surface area contributed by atoms with Crippen LogP contribution in [-0.2, 0) is 12.7 Å². The second kappa shape index (κ2) is 6.15. The molecule has 138 valence electrons. The summed E-state index contributed by atoms with van der Waals surface area (Å²) in [5.41, 5.74) is -0.182. The van der Waals surface area contributed by atoms with Crippen LogP contribution in [0.15, 0.2) is 36.5 Å². The fourth-order valence-corrected chi connectivity index (χ4v) is 2.78. The van der Waals surface area contributed by atoms with E-state index in [4.69, 9.17) is 0 Å². The molecule has 3 heterocycles. The predicted molar refractivity (Wildman–Crippen MR) is 86.0 cm³/mol. The molecule has 1 aliphatic rings. The number of carbonyl (C=O) groups excluding carboxylic acids is 1. The molecule has 1 amide bonds. The molecule has 10 heteroatoms. The van der Waals surface area contributed by atoms with Gasteiger partial charge in [-0.3, -0.25) is 9.48 Å². The van der Waals surface area contributed by atoms with Crippen LogP contribution in [0.2, 0.25) is 0 Å². The number of halogens is 4. The highest BCUT2D eigenvalue weighted by Gasteiger charge is 2.31. The molecule has 0 saturated carbocycles. The highest BCUT2D eigenvalue weighted by molar-refractivity contribution is 5.94. The minimum absolute atomic E-state index is 0.0760. The maximum absolute atomic E-state index is 13.6. The van der Waals surface area contributed by atoms with E-state index in [0.717, 1.165) is 12.1 Å². The first-order valence-corrected chi connectivity index (χ1v) is 7.89. The zero-order valence-electron chi connectivity index (χ0n) is 13.6. The average Bonchev–Trinajstić information content (AvgIpc) is 3.06. The lowest BCUT2D eigenvalue weighted by atomic mass is 10.1. The maximum Gasteiger partial charge on any atom is 0.416 e. The number of nitrogens with one attached hydrogen (secondary N) is 1. The molecule has 1 aromatic carbocycles. The summed E-state index contributed by atoms with van der Waals surface area (Å²) in [5, 5.41) is 6.98. The van der Waals surface area contributed by atoms with Gasteiger partial charge >= 0.3 is 6.18 Å². The van der Waals surface area contributed by atoms with Gasteiger partial charge in [0.05, 0.1) is 17.8 Å². The van der Waals surface area contributed by atoms with Gasteiger partial charge in [0, 0.05) is 18.3 Å². The van der Waals surface area contributed by atoms with Crippen molar-refractivity contribution in [2.45, 2.75) is 12.7 Å². The molecule has 1 N–H and O–H groups in total. The summed E-state index contributed by atoms with van der Waals surface area (Å²) < 4.78 is 53.9. The Labute approximate surface area is 149 Å². The lowest BCUT2D eigenvalue weighted by molar-refractivity contribution is -0.137. The minimum Gasteiger partial charge on any atom is -0.349 e. The third-order valence-corrected chi connectivity index (χ3v) is 4.02. The Morgan fingerprint density at radius 2 is 1.93 bits per heavy atom. The first-order valence-electron chi connectivity index (χ1n) is 7.89. The van der Waals surface area contributed by atoms with Gasteiger partial charge in [-0.2, -0.15) is 18.3 Å².